The van der Waals surface area contributed by atoms with Crippen molar-refractivity contribution in [1.82, 2.24) is 5.32 Å². The van der Waals surface area contributed by atoms with Crippen LogP contribution in [0, 0.1) is 46.3 Å². The first-order valence-electron chi connectivity index (χ1n) is 13.5. The van der Waals surface area contributed by atoms with Crippen LogP contribution >= 0.6 is 0 Å². The van der Waals surface area contributed by atoms with Crippen LogP contribution in [0.5, 0.6) is 0 Å². The Morgan fingerprint density at radius 1 is 1.06 bits per heavy atom. The molecular formula is C27H48N2O3. The van der Waals surface area contributed by atoms with Gasteiger partial charge in [-0.05, 0) is 111 Å². The Labute approximate surface area is 195 Å². The van der Waals surface area contributed by atoms with Crippen molar-refractivity contribution in [1.29, 1.82) is 0 Å². The minimum atomic E-state index is -0.648. The number of amides is 1. The molecule has 4 aliphatic carbocycles. The fourth-order valence-electron chi connectivity index (χ4n) is 9.17. The molecule has 4 saturated carbocycles. The van der Waals surface area contributed by atoms with Crippen molar-refractivity contribution in [3.05, 3.63) is 0 Å². The van der Waals surface area contributed by atoms with Gasteiger partial charge >= 0.3 is 0 Å². The highest BCUT2D eigenvalue weighted by atomic mass is 16.3. The summed E-state index contributed by atoms with van der Waals surface area (Å²) in [5.74, 6) is 4.59. The van der Waals surface area contributed by atoms with Crippen LogP contribution in [0.2, 0.25) is 0 Å². The smallest absolute Gasteiger partial charge is 0.220 e. The molecule has 10 atom stereocenters. The number of hydrogen-bond donors (Lipinski definition) is 4. The van der Waals surface area contributed by atoms with Crippen LogP contribution < -0.4 is 11.1 Å². The number of nitrogens with one attached hydrogen (secondary N) is 1. The number of carbonyl (C=O) groups is 1. The maximum atomic E-state index is 12.2. The van der Waals surface area contributed by atoms with E-state index in [-0.39, 0.29) is 25.1 Å². The zero-order valence-corrected chi connectivity index (χ0v) is 20.7. The number of carbonyl (C=O) groups excluding carboxylic acids is 1. The standard InChI is InChI=1S/C27H48N2O3/c1-17(4-9-25(32)29-16-20(31)15-28)22-7-8-23-21-6-5-18-14-19(30)10-12-26(18,2)24(21)11-13-27(22,23)3/h17-24,30-31H,4-16,28H2,1-3H3,(H,29,32)/t17-,18-,19-,20?,21+,22-,23+,24+,26+,27-/m1/s1. The highest BCUT2D eigenvalue weighted by Gasteiger charge is 2.60. The Bertz CT molecular complexity index is 671. The second kappa shape index (κ2) is 9.54. The molecule has 184 valence electrons. The number of aliphatic hydroxyl groups excluding tert-OH is 2. The third kappa shape index (κ3) is 4.38. The predicted octanol–water partition coefficient (Wildman–Crippen LogP) is 3.86. The van der Waals surface area contributed by atoms with Gasteiger partial charge in [-0.25, -0.2) is 0 Å². The molecule has 4 aliphatic rings. The first kappa shape index (κ1) is 24.5. The number of nitrogens with two attached hydrogens (primary N) is 1. The summed E-state index contributed by atoms with van der Waals surface area (Å²) >= 11 is 0. The zero-order valence-electron chi connectivity index (χ0n) is 20.7. The van der Waals surface area contributed by atoms with Crippen molar-refractivity contribution >= 4 is 5.91 Å². The number of aliphatic hydroxyl groups is 2. The van der Waals surface area contributed by atoms with Crippen molar-refractivity contribution in [2.75, 3.05) is 13.1 Å². The van der Waals surface area contributed by atoms with E-state index in [1.165, 1.54) is 44.9 Å². The molecule has 5 heteroatoms. The lowest BCUT2D eigenvalue weighted by Crippen LogP contribution is -2.54. The summed E-state index contributed by atoms with van der Waals surface area (Å²) in [4.78, 5) is 12.2. The molecule has 1 unspecified atom stereocenters. The summed E-state index contributed by atoms with van der Waals surface area (Å²) in [7, 11) is 0. The first-order chi connectivity index (χ1) is 15.2. The van der Waals surface area contributed by atoms with Crippen molar-refractivity contribution in [3.8, 4) is 0 Å². The van der Waals surface area contributed by atoms with E-state index in [1.54, 1.807) is 0 Å². The van der Waals surface area contributed by atoms with E-state index in [9.17, 15) is 15.0 Å². The largest absolute Gasteiger partial charge is 0.393 e. The van der Waals surface area contributed by atoms with Gasteiger partial charge in [-0.3, -0.25) is 4.79 Å². The van der Waals surface area contributed by atoms with E-state index >= 15 is 0 Å². The quantitative estimate of drug-likeness (QED) is 0.476. The van der Waals surface area contributed by atoms with Gasteiger partial charge in [-0.15, -0.1) is 0 Å². The molecule has 0 spiro atoms. The molecule has 0 radical (unpaired) electrons. The summed E-state index contributed by atoms with van der Waals surface area (Å²) < 4.78 is 0. The Morgan fingerprint density at radius 2 is 1.78 bits per heavy atom. The summed E-state index contributed by atoms with van der Waals surface area (Å²) in [5, 5.41) is 22.7. The van der Waals surface area contributed by atoms with E-state index in [1.807, 2.05) is 0 Å². The Morgan fingerprint density at radius 3 is 2.53 bits per heavy atom. The molecule has 0 bridgehead atoms. The van der Waals surface area contributed by atoms with Gasteiger partial charge in [0, 0.05) is 19.5 Å². The Balaban J connectivity index is 1.37. The fraction of sp³-hybridized carbons (Fsp3) is 0.963. The normalized spacial score (nSPS) is 45.3. The molecule has 5 nitrogen and oxygen atoms in total. The van der Waals surface area contributed by atoms with Gasteiger partial charge in [-0.1, -0.05) is 20.8 Å². The van der Waals surface area contributed by atoms with Gasteiger partial charge in [0.1, 0.15) is 0 Å². The predicted molar refractivity (Wildman–Crippen MR) is 128 cm³/mol. The minimum Gasteiger partial charge on any atom is -0.393 e. The van der Waals surface area contributed by atoms with E-state index in [2.05, 4.69) is 26.1 Å². The molecular weight excluding hydrogens is 400 g/mol. The molecule has 0 saturated heterocycles. The average molecular weight is 449 g/mol. The van der Waals surface area contributed by atoms with Crippen LogP contribution in [0.25, 0.3) is 0 Å². The highest BCUT2D eigenvalue weighted by molar-refractivity contribution is 5.75. The molecule has 4 fully saturated rings. The number of fused-ring (bicyclic) bond motifs is 5. The van der Waals surface area contributed by atoms with E-state index in [0.29, 0.717) is 23.2 Å². The molecule has 0 aromatic rings. The van der Waals surface area contributed by atoms with Gasteiger partial charge < -0.3 is 21.3 Å². The van der Waals surface area contributed by atoms with Crippen LogP contribution in [-0.2, 0) is 4.79 Å². The lowest BCUT2D eigenvalue weighted by molar-refractivity contribution is -0.130. The summed E-state index contributed by atoms with van der Waals surface area (Å²) in [6.45, 7) is 7.96. The Hall–Kier alpha value is -0.650. The molecule has 4 rings (SSSR count). The summed E-state index contributed by atoms with van der Waals surface area (Å²) in [6, 6.07) is 0. The number of rotatable bonds is 7. The highest BCUT2D eigenvalue weighted by Crippen LogP contribution is 2.68. The van der Waals surface area contributed by atoms with Crippen LogP contribution in [0.3, 0.4) is 0 Å². The van der Waals surface area contributed by atoms with Crippen LogP contribution in [0.4, 0.5) is 0 Å². The molecule has 32 heavy (non-hydrogen) atoms. The van der Waals surface area contributed by atoms with Crippen molar-refractivity contribution in [2.45, 2.75) is 104 Å². The van der Waals surface area contributed by atoms with Crippen LogP contribution in [0.15, 0.2) is 0 Å². The molecule has 0 aliphatic heterocycles. The molecule has 1 amide bonds. The van der Waals surface area contributed by atoms with Crippen LogP contribution in [-0.4, -0.2) is 41.4 Å². The van der Waals surface area contributed by atoms with Crippen molar-refractivity contribution < 1.29 is 15.0 Å². The van der Waals surface area contributed by atoms with Gasteiger partial charge in [-0.2, -0.15) is 0 Å². The SMILES string of the molecule is C[C@H](CCC(=O)NCC(O)CN)[C@H]1CC[C@H]2[C@@H]3CC[C@@H]4C[C@H](O)CC[C@]4(C)[C@H]3CC[C@]12C. The number of hydrogen-bond acceptors (Lipinski definition) is 4. The lowest BCUT2D eigenvalue weighted by Gasteiger charge is -2.61. The van der Waals surface area contributed by atoms with E-state index in [0.717, 1.165) is 48.9 Å². The topological polar surface area (TPSA) is 95.6 Å². The monoisotopic (exact) mass is 448 g/mol. The lowest BCUT2D eigenvalue weighted by atomic mass is 9.44. The minimum absolute atomic E-state index is 0.0403. The van der Waals surface area contributed by atoms with Gasteiger partial charge in [0.05, 0.1) is 12.2 Å². The third-order valence-electron chi connectivity index (χ3n) is 11.0. The molecule has 0 heterocycles. The van der Waals surface area contributed by atoms with Crippen LogP contribution in [0.1, 0.15) is 91.4 Å². The molecule has 0 aromatic heterocycles. The summed E-state index contributed by atoms with van der Waals surface area (Å²) in [5.41, 5.74) is 6.29. The zero-order chi connectivity index (χ0) is 23.1. The fourth-order valence-corrected chi connectivity index (χ4v) is 9.17. The van der Waals surface area contributed by atoms with Gasteiger partial charge in [0.2, 0.25) is 5.91 Å². The second-order valence-corrected chi connectivity index (χ2v) is 12.5. The molecule has 5 N–H and O–H groups in total. The molecule has 0 aromatic carbocycles. The van der Waals surface area contributed by atoms with Gasteiger partial charge in [0.15, 0.2) is 0 Å². The first-order valence-corrected chi connectivity index (χ1v) is 13.5. The van der Waals surface area contributed by atoms with Gasteiger partial charge in [0.25, 0.3) is 0 Å². The maximum absolute atomic E-state index is 12.2. The summed E-state index contributed by atoms with van der Waals surface area (Å²) in [6.07, 6.45) is 12.1. The van der Waals surface area contributed by atoms with E-state index < -0.39 is 6.10 Å². The average Bonchev–Trinajstić information content (AvgIpc) is 3.13. The maximum Gasteiger partial charge on any atom is 0.220 e. The van der Waals surface area contributed by atoms with Crippen molar-refractivity contribution in [2.24, 2.45) is 52.1 Å². The third-order valence-corrected chi connectivity index (χ3v) is 11.0. The van der Waals surface area contributed by atoms with E-state index in [4.69, 9.17) is 5.73 Å². The van der Waals surface area contributed by atoms with Crippen molar-refractivity contribution in [3.63, 3.8) is 0 Å². The Kier molecular flexibility index (Phi) is 7.30. The second-order valence-electron chi connectivity index (χ2n) is 12.5.